The second kappa shape index (κ2) is 8.28. The molecular weight excluding hydrogens is 408 g/mol. The van der Waals surface area contributed by atoms with Crippen molar-refractivity contribution in [3.8, 4) is 6.07 Å². The summed E-state index contributed by atoms with van der Waals surface area (Å²) in [6.45, 7) is 1.41. The predicted octanol–water partition coefficient (Wildman–Crippen LogP) is 3.52. The van der Waals surface area contributed by atoms with Crippen LogP contribution in [-0.4, -0.2) is 29.5 Å². The molecule has 4 rings (SSSR count). The largest absolute Gasteiger partial charge is 0.449 e. The van der Waals surface area contributed by atoms with Gasteiger partial charge < -0.3 is 10.1 Å². The Hall–Kier alpha value is -4.57. The first kappa shape index (κ1) is 20.7. The lowest BCUT2D eigenvalue weighted by molar-refractivity contribution is -0.123. The monoisotopic (exact) mass is 424 g/mol. The van der Waals surface area contributed by atoms with Crippen LogP contribution in [0.5, 0.6) is 0 Å². The van der Waals surface area contributed by atoms with Crippen LogP contribution in [0.1, 0.15) is 54.7 Å². The Bertz CT molecular complexity index is 1340. The Morgan fingerprint density at radius 1 is 0.875 bits per heavy atom. The molecule has 7 heteroatoms. The van der Waals surface area contributed by atoms with Crippen molar-refractivity contribution in [3.05, 3.63) is 100 Å². The number of ketones is 2. The molecule has 156 valence electrons. The average Bonchev–Trinajstić information content (AvgIpc) is 2.82. The summed E-state index contributed by atoms with van der Waals surface area (Å²) in [5, 5.41) is 11.5. The summed E-state index contributed by atoms with van der Waals surface area (Å²) in [6.07, 6.45) is -1.14. The maximum absolute atomic E-state index is 12.8. The van der Waals surface area contributed by atoms with Crippen LogP contribution in [0.25, 0.3) is 0 Å². The van der Waals surface area contributed by atoms with E-state index < -0.39 is 18.0 Å². The molecule has 0 fully saturated rings. The molecule has 1 amide bonds. The lowest BCUT2D eigenvalue weighted by Crippen LogP contribution is -2.30. The van der Waals surface area contributed by atoms with Crippen LogP contribution in [0.2, 0.25) is 0 Å². The fraction of sp³-hybridized carbons (Fsp3) is 0.0800. The number of nitriles is 1. The van der Waals surface area contributed by atoms with Gasteiger partial charge in [0.15, 0.2) is 17.7 Å². The fourth-order valence-corrected chi connectivity index (χ4v) is 3.42. The van der Waals surface area contributed by atoms with Gasteiger partial charge in [0.2, 0.25) is 0 Å². The molecule has 0 saturated carbocycles. The standard InChI is InChI=1S/C25H16N2O5/c1-14(32-25(31)16-6-4-5-15(11-16)13-26)24(30)27-17-9-10-20-21(12-17)23(29)19-8-3-2-7-18(19)22(20)28/h2-12,14H,1H3,(H,27,30). The summed E-state index contributed by atoms with van der Waals surface area (Å²) in [5.74, 6) is -1.91. The Kier molecular flexibility index (Phi) is 5.36. The highest BCUT2D eigenvalue weighted by atomic mass is 16.5. The average molecular weight is 424 g/mol. The van der Waals surface area contributed by atoms with E-state index in [1.165, 1.54) is 37.3 Å². The molecule has 0 radical (unpaired) electrons. The number of benzene rings is 3. The van der Waals surface area contributed by atoms with Crippen molar-refractivity contribution in [2.45, 2.75) is 13.0 Å². The minimum absolute atomic E-state index is 0.153. The summed E-state index contributed by atoms with van der Waals surface area (Å²) < 4.78 is 5.19. The van der Waals surface area contributed by atoms with Gasteiger partial charge in [-0.1, -0.05) is 30.3 Å². The van der Waals surface area contributed by atoms with Gasteiger partial charge in [-0.2, -0.15) is 5.26 Å². The molecule has 1 atom stereocenters. The third-order valence-electron chi connectivity index (χ3n) is 5.07. The molecule has 7 nitrogen and oxygen atoms in total. The summed E-state index contributed by atoms with van der Waals surface area (Å²) in [6, 6.07) is 18.9. The molecule has 1 unspecified atom stereocenters. The molecule has 0 saturated heterocycles. The molecule has 0 heterocycles. The number of ether oxygens (including phenoxy) is 1. The topological polar surface area (TPSA) is 113 Å². The zero-order valence-electron chi connectivity index (χ0n) is 16.9. The van der Waals surface area contributed by atoms with Gasteiger partial charge in [0.1, 0.15) is 0 Å². The molecule has 1 aliphatic rings. The molecule has 0 aliphatic heterocycles. The smallest absolute Gasteiger partial charge is 0.338 e. The number of carbonyl (C=O) groups is 4. The van der Waals surface area contributed by atoms with E-state index in [4.69, 9.17) is 10.00 Å². The van der Waals surface area contributed by atoms with Crippen LogP contribution in [0.15, 0.2) is 66.7 Å². The third-order valence-corrected chi connectivity index (χ3v) is 5.07. The third kappa shape index (κ3) is 3.77. The highest BCUT2D eigenvalue weighted by molar-refractivity contribution is 6.28. The molecule has 1 aliphatic carbocycles. The molecule has 32 heavy (non-hydrogen) atoms. The normalized spacial score (nSPS) is 12.8. The lowest BCUT2D eigenvalue weighted by atomic mass is 9.84. The van der Waals surface area contributed by atoms with Crippen molar-refractivity contribution >= 4 is 29.1 Å². The minimum Gasteiger partial charge on any atom is -0.449 e. The predicted molar refractivity (Wildman–Crippen MR) is 114 cm³/mol. The SMILES string of the molecule is CC(OC(=O)c1cccc(C#N)c1)C(=O)Nc1ccc2c(c1)C(=O)c1ccccc1C2=O. The first-order valence-electron chi connectivity index (χ1n) is 9.73. The minimum atomic E-state index is -1.14. The van der Waals surface area contributed by atoms with E-state index in [9.17, 15) is 19.2 Å². The number of rotatable bonds is 4. The first-order chi connectivity index (χ1) is 15.4. The second-order valence-electron chi connectivity index (χ2n) is 7.19. The van der Waals surface area contributed by atoms with E-state index in [2.05, 4.69) is 5.32 Å². The van der Waals surface area contributed by atoms with Crippen LogP contribution in [0.4, 0.5) is 5.69 Å². The fourth-order valence-electron chi connectivity index (χ4n) is 3.42. The van der Waals surface area contributed by atoms with Crippen molar-refractivity contribution in [1.82, 2.24) is 0 Å². The Labute approximate surface area is 183 Å². The zero-order chi connectivity index (χ0) is 22.8. The van der Waals surface area contributed by atoms with Crippen LogP contribution < -0.4 is 5.32 Å². The maximum Gasteiger partial charge on any atom is 0.338 e. The van der Waals surface area contributed by atoms with E-state index in [-0.39, 0.29) is 28.3 Å². The van der Waals surface area contributed by atoms with E-state index in [1.807, 2.05) is 6.07 Å². The maximum atomic E-state index is 12.8. The molecular formula is C25H16N2O5. The number of hydrogen-bond acceptors (Lipinski definition) is 6. The number of hydrogen-bond donors (Lipinski definition) is 1. The Balaban J connectivity index is 1.49. The van der Waals surface area contributed by atoms with Crippen molar-refractivity contribution < 1.29 is 23.9 Å². The number of esters is 1. The van der Waals surface area contributed by atoms with Crippen molar-refractivity contribution in [1.29, 1.82) is 5.26 Å². The van der Waals surface area contributed by atoms with Gasteiger partial charge in [-0.05, 0) is 43.3 Å². The molecule has 3 aromatic rings. The highest BCUT2D eigenvalue weighted by Gasteiger charge is 2.29. The van der Waals surface area contributed by atoms with E-state index in [0.29, 0.717) is 22.4 Å². The molecule has 1 N–H and O–H groups in total. The number of nitrogens with zero attached hydrogens (tertiary/aromatic N) is 1. The van der Waals surface area contributed by atoms with E-state index in [0.717, 1.165) is 0 Å². The number of fused-ring (bicyclic) bond motifs is 2. The van der Waals surface area contributed by atoms with Gasteiger partial charge in [-0.25, -0.2) is 4.79 Å². The van der Waals surface area contributed by atoms with Gasteiger partial charge in [0, 0.05) is 27.9 Å². The van der Waals surface area contributed by atoms with Crippen LogP contribution in [-0.2, 0) is 9.53 Å². The molecule has 0 spiro atoms. The van der Waals surface area contributed by atoms with Gasteiger partial charge in [-0.3, -0.25) is 14.4 Å². The van der Waals surface area contributed by atoms with Gasteiger partial charge >= 0.3 is 5.97 Å². The Morgan fingerprint density at radius 3 is 2.22 bits per heavy atom. The van der Waals surface area contributed by atoms with E-state index in [1.54, 1.807) is 36.4 Å². The molecule has 0 bridgehead atoms. The van der Waals surface area contributed by atoms with Gasteiger partial charge in [0.25, 0.3) is 5.91 Å². The molecule has 0 aromatic heterocycles. The first-order valence-corrected chi connectivity index (χ1v) is 9.73. The van der Waals surface area contributed by atoms with Crippen molar-refractivity contribution in [3.63, 3.8) is 0 Å². The summed E-state index contributed by atoms with van der Waals surface area (Å²) >= 11 is 0. The summed E-state index contributed by atoms with van der Waals surface area (Å²) in [5.41, 5.74) is 1.88. The van der Waals surface area contributed by atoms with Crippen LogP contribution in [0, 0.1) is 11.3 Å². The quantitative estimate of drug-likeness (QED) is 0.502. The summed E-state index contributed by atoms with van der Waals surface area (Å²) in [4.78, 5) is 50.3. The summed E-state index contributed by atoms with van der Waals surface area (Å²) in [7, 11) is 0. The van der Waals surface area contributed by atoms with Crippen molar-refractivity contribution in [2.75, 3.05) is 5.32 Å². The van der Waals surface area contributed by atoms with Gasteiger partial charge in [-0.15, -0.1) is 0 Å². The van der Waals surface area contributed by atoms with Crippen molar-refractivity contribution in [2.24, 2.45) is 0 Å². The van der Waals surface area contributed by atoms with E-state index >= 15 is 0 Å². The van der Waals surface area contributed by atoms with Gasteiger partial charge in [0.05, 0.1) is 17.2 Å². The molecule has 3 aromatic carbocycles. The number of amides is 1. The number of anilines is 1. The second-order valence-corrected chi connectivity index (χ2v) is 7.19. The zero-order valence-corrected chi connectivity index (χ0v) is 16.9. The van der Waals surface area contributed by atoms with Crippen LogP contribution >= 0.6 is 0 Å². The lowest BCUT2D eigenvalue weighted by Gasteiger charge is -2.19. The Morgan fingerprint density at radius 2 is 1.53 bits per heavy atom. The van der Waals surface area contributed by atoms with Crippen LogP contribution in [0.3, 0.4) is 0 Å². The highest BCUT2D eigenvalue weighted by Crippen LogP contribution is 2.29. The number of carbonyl (C=O) groups excluding carboxylic acids is 4. The number of nitrogens with one attached hydrogen (secondary N) is 1.